The summed E-state index contributed by atoms with van der Waals surface area (Å²) in [6, 6.07) is 15.4. The second-order valence-corrected chi connectivity index (χ2v) is 9.10. The maximum absolute atomic E-state index is 13.1. The molecular formula is C23H24N4O2S. The fourth-order valence-corrected chi connectivity index (χ4v) is 4.13. The van der Waals surface area contributed by atoms with Gasteiger partial charge in [0.25, 0.3) is 5.56 Å². The molecule has 2 heterocycles. The van der Waals surface area contributed by atoms with E-state index in [9.17, 15) is 4.79 Å². The minimum absolute atomic E-state index is 0.0186. The van der Waals surface area contributed by atoms with Gasteiger partial charge in [0.2, 0.25) is 11.8 Å². The van der Waals surface area contributed by atoms with Crippen molar-refractivity contribution in [2.24, 2.45) is 5.92 Å². The first kappa shape index (κ1) is 20.3. The minimum atomic E-state index is -0.150. The van der Waals surface area contributed by atoms with Crippen LogP contribution in [0.15, 0.2) is 62.9 Å². The van der Waals surface area contributed by atoms with Crippen LogP contribution in [0, 0.1) is 12.8 Å². The quantitative estimate of drug-likeness (QED) is 0.313. The summed E-state index contributed by atoms with van der Waals surface area (Å²) in [4.78, 5) is 17.8. The summed E-state index contributed by atoms with van der Waals surface area (Å²) in [5, 5.41) is 9.58. The van der Waals surface area contributed by atoms with Gasteiger partial charge in [0.1, 0.15) is 0 Å². The van der Waals surface area contributed by atoms with Crippen LogP contribution < -0.4 is 5.56 Å². The number of aryl methyl sites for hydroxylation is 1. The minimum Gasteiger partial charge on any atom is -0.419 e. The van der Waals surface area contributed by atoms with Crippen LogP contribution in [0.4, 0.5) is 0 Å². The summed E-state index contributed by atoms with van der Waals surface area (Å²) in [6.07, 6.45) is 0. The first-order valence-corrected chi connectivity index (χ1v) is 10.9. The molecule has 0 unspecified atom stereocenters. The largest absolute Gasteiger partial charge is 0.419 e. The van der Waals surface area contributed by atoms with Crippen LogP contribution in [-0.4, -0.2) is 19.7 Å². The molecule has 4 rings (SSSR count). The van der Waals surface area contributed by atoms with Gasteiger partial charge < -0.3 is 4.42 Å². The molecule has 0 saturated heterocycles. The Morgan fingerprint density at radius 2 is 1.77 bits per heavy atom. The fourth-order valence-electron chi connectivity index (χ4n) is 3.18. The van der Waals surface area contributed by atoms with E-state index in [0.717, 1.165) is 5.56 Å². The number of fused-ring (bicyclic) bond motifs is 1. The van der Waals surface area contributed by atoms with Crippen molar-refractivity contribution >= 4 is 22.7 Å². The van der Waals surface area contributed by atoms with Gasteiger partial charge in [0.15, 0.2) is 5.16 Å². The second kappa shape index (κ2) is 8.44. The van der Waals surface area contributed by atoms with E-state index in [4.69, 9.17) is 9.40 Å². The molecule has 2 aromatic heterocycles. The van der Waals surface area contributed by atoms with Crippen molar-refractivity contribution in [3.8, 4) is 11.5 Å². The van der Waals surface area contributed by atoms with Gasteiger partial charge in [0.05, 0.1) is 16.2 Å². The number of rotatable bonds is 6. The zero-order chi connectivity index (χ0) is 21.3. The van der Waals surface area contributed by atoms with E-state index in [-0.39, 0.29) is 10.8 Å². The summed E-state index contributed by atoms with van der Waals surface area (Å²) < 4.78 is 7.68. The maximum Gasteiger partial charge on any atom is 0.262 e. The summed E-state index contributed by atoms with van der Waals surface area (Å²) in [6.45, 7) is 8.80. The molecule has 0 saturated carbocycles. The number of para-hydroxylation sites is 1. The second-order valence-electron chi connectivity index (χ2n) is 7.79. The lowest BCUT2D eigenvalue weighted by molar-refractivity contribution is 0.473. The molecule has 0 N–H and O–H groups in total. The van der Waals surface area contributed by atoms with E-state index in [1.54, 1.807) is 4.57 Å². The van der Waals surface area contributed by atoms with Crippen LogP contribution in [0.3, 0.4) is 0 Å². The average Bonchev–Trinajstić information content (AvgIpc) is 3.22. The normalized spacial score (nSPS) is 12.6. The molecule has 0 aliphatic heterocycles. The Morgan fingerprint density at radius 1 is 1.03 bits per heavy atom. The smallest absolute Gasteiger partial charge is 0.262 e. The molecule has 7 heteroatoms. The fraction of sp³-hybridized carbons (Fsp3) is 0.304. The Labute approximate surface area is 179 Å². The van der Waals surface area contributed by atoms with Gasteiger partial charge in [-0.15, -0.1) is 10.2 Å². The predicted octanol–water partition coefficient (Wildman–Crippen LogP) is 5.26. The molecule has 2 aromatic carbocycles. The summed E-state index contributed by atoms with van der Waals surface area (Å²) >= 11 is 1.46. The Hall–Kier alpha value is -2.93. The van der Waals surface area contributed by atoms with Gasteiger partial charge >= 0.3 is 0 Å². The van der Waals surface area contributed by atoms with Gasteiger partial charge in [-0.25, -0.2) is 4.98 Å². The number of hydrogen-bond acceptors (Lipinski definition) is 6. The molecule has 1 atom stereocenters. The molecule has 0 spiro atoms. The van der Waals surface area contributed by atoms with Gasteiger partial charge in [-0.05, 0) is 44.0 Å². The van der Waals surface area contributed by atoms with Gasteiger partial charge in [-0.2, -0.15) is 0 Å². The first-order valence-electron chi connectivity index (χ1n) is 9.99. The van der Waals surface area contributed by atoms with Gasteiger partial charge in [-0.1, -0.05) is 55.4 Å². The lowest BCUT2D eigenvalue weighted by Gasteiger charge is -2.16. The molecule has 0 bridgehead atoms. The van der Waals surface area contributed by atoms with Crippen LogP contribution >= 0.6 is 11.8 Å². The zero-order valence-corrected chi connectivity index (χ0v) is 18.3. The van der Waals surface area contributed by atoms with Crippen molar-refractivity contribution in [2.75, 3.05) is 0 Å². The van der Waals surface area contributed by atoms with E-state index in [1.807, 2.05) is 62.4 Å². The maximum atomic E-state index is 13.1. The Bertz CT molecular complexity index is 1230. The summed E-state index contributed by atoms with van der Waals surface area (Å²) in [5.41, 5.74) is 2.74. The average molecular weight is 421 g/mol. The summed E-state index contributed by atoms with van der Waals surface area (Å²) in [5.74, 6) is 1.31. The van der Waals surface area contributed by atoms with Crippen LogP contribution in [0.5, 0.6) is 0 Å². The Kier molecular flexibility index (Phi) is 5.72. The monoisotopic (exact) mass is 420 g/mol. The highest BCUT2D eigenvalue weighted by Gasteiger charge is 2.20. The molecule has 4 aromatic rings. The van der Waals surface area contributed by atoms with Crippen LogP contribution in [-0.2, 0) is 6.54 Å². The lowest BCUT2D eigenvalue weighted by atomic mass is 10.1. The van der Waals surface area contributed by atoms with Crippen LogP contribution in [0.1, 0.15) is 37.5 Å². The molecule has 0 radical (unpaired) electrons. The number of hydrogen-bond donors (Lipinski definition) is 0. The SMILES string of the molecule is Cc1ccc(-c2nnc([C@@H](C)Sc3nc4ccccc4c(=O)n3CC(C)C)o2)cc1. The zero-order valence-electron chi connectivity index (χ0n) is 17.5. The van der Waals surface area contributed by atoms with Crippen molar-refractivity contribution in [1.82, 2.24) is 19.7 Å². The number of aromatic nitrogens is 4. The van der Waals surface area contributed by atoms with E-state index in [1.165, 1.54) is 17.3 Å². The molecule has 0 amide bonds. The van der Waals surface area contributed by atoms with E-state index in [0.29, 0.717) is 40.3 Å². The molecule has 154 valence electrons. The van der Waals surface area contributed by atoms with Crippen molar-refractivity contribution in [1.29, 1.82) is 0 Å². The standard InChI is InChI=1S/C23H24N4O2S/c1-14(2)13-27-22(28)18-7-5-6-8-19(18)24-23(27)30-16(4)20-25-26-21(29-20)17-11-9-15(3)10-12-17/h5-12,14,16H,13H2,1-4H3/t16-/m1/s1. The lowest BCUT2D eigenvalue weighted by Crippen LogP contribution is -2.25. The highest BCUT2D eigenvalue weighted by molar-refractivity contribution is 7.99. The highest BCUT2D eigenvalue weighted by Crippen LogP contribution is 2.34. The molecule has 6 nitrogen and oxygen atoms in total. The predicted molar refractivity (Wildman–Crippen MR) is 120 cm³/mol. The first-order chi connectivity index (χ1) is 14.4. The molecule has 0 aliphatic rings. The van der Waals surface area contributed by atoms with Crippen molar-refractivity contribution in [2.45, 2.75) is 44.6 Å². The van der Waals surface area contributed by atoms with Crippen LogP contribution in [0.2, 0.25) is 0 Å². The topological polar surface area (TPSA) is 73.8 Å². The molecule has 30 heavy (non-hydrogen) atoms. The van der Waals surface area contributed by atoms with E-state index >= 15 is 0 Å². The number of nitrogens with zero attached hydrogens (tertiary/aromatic N) is 4. The van der Waals surface area contributed by atoms with E-state index in [2.05, 4.69) is 24.0 Å². The number of thioether (sulfide) groups is 1. The Morgan fingerprint density at radius 3 is 2.50 bits per heavy atom. The highest BCUT2D eigenvalue weighted by atomic mass is 32.2. The van der Waals surface area contributed by atoms with Gasteiger partial charge in [-0.3, -0.25) is 9.36 Å². The molecule has 0 aliphatic carbocycles. The molecular weight excluding hydrogens is 396 g/mol. The third-order valence-corrected chi connectivity index (χ3v) is 5.82. The third-order valence-electron chi connectivity index (χ3n) is 4.74. The van der Waals surface area contributed by atoms with E-state index < -0.39 is 0 Å². The van der Waals surface area contributed by atoms with Crippen molar-refractivity contribution < 1.29 is 4.42 Å². The third kappa shape index (κ3) is 4.16. The molecule has 0 fully saturated rings. The number of benzene rings is 2. The summed E-state index contributed by atoms with van der Waals surface area (Å²) in [7, 11) is 0. The van der Waals surface area contributed by atoms with Crippen molar-refractivity contribution in [3.63, 3.8) is 0 Å². The van der Waals surface area contributed by atoms with Crippen LogP contribution in [0.25, 0.3) is 22.4 Å². The van der Waals surface area contributed by atoms with Gasteiger partial charge in [0, 0.05) is 12.1 Å². The Balaban J connectivity index is 1.66. The van der Waals surface area contributed by atoms with Crippen molar-refractivity contribution in [3.05, 3.63) is 70.3 Å².